The van der Waals surface area contributed by atoms with Crippen molar-refractivity contribution in [2.45, 2.75) is 19.4 Å². The summed E-state index contributed by atoms with van der Waals surface area (Å²) in [7, 11) is 0. The summed E-state index contributed by atoms with van der Waals surface area (Å²) >= 11 is 3.42. The maximum atomic E-state index is 12.4. The second kappa shape index (κ2) is 6.53. The number of hydrogen-bond donors (Lipinski definition) is 0. The molecule has 0 saturated carbocycles. The first-order valence-electron chi connectivity index (χ1n) is 8.19. The van der Waals surface area contributed by atoms with Gasteiger partial charge in [0.2, 0.25) is 5.91 Å². The molecule has 4 rings (SSSR count). The first-order chi connectivity index (χ1) is 12.5. The largest absolute Gasteiger partial charge is 0.422 e. The number of hydrazone groups is 1. The van der Waals surface area contributed by atoms with Crippen molar-refractivity contribution < 1.29 is 9.21 Å². The van der Waals surface area contributed by atoms with Crippen molar-refractivity contribution >= 4 is 38.5 Å². The van der Waals surface area contributed by atoms with Crippen LogP contribution >= 0.6 is 15.9 Å². The Kier molecular flexibility index (Phi) is 4.20. The quantitative estimate of drug-likeness (QED) is 0.593. The van der Waals surface area contributed by atoms with E-state index in [-0.39, 0.29) is 11.9 Å². The molecular formula is C20H15BrN2O3. The van der Waals surface area contributed by atoms with Crippen molar-refractivity contribution in [3.05, 3.63) is 80.6 Å². The summed E-state index contributed by atoms with van der Waals surface area (Å²) in [5, 5.41) is 6.70. The summed E-state index contributed by atoms with van der Waals surface area (Å²) in [5.74, 6) is -0.168. The first kappa shape index (κ1) is 16.7. The van der Waals surface area contributed by atoms with E-state index < -0.39 is 5.63 Å². The van der Waals surface area contributed by atoms with Crippen LogP contribution in [0.25, 0.3) is 11.0 Å². The summed E-state index contributed by atoms with van der Waals surface area (Å²) in [5.41, 5.74) is 2.02. The fourth-order valence-corrected chi connectivity index (χ4v) is 3.44. The molecule has 0 radical (unpaired) electrons. The zero-order valence-electron chi connectivity index (χ0n) is 14.0. The minimum Gasteiger partial charge on any atom is -0.422 e. The van der Waals surface area contributed by atoms with E-state index in [1.165, 1.54) is 11.9 Å². The third-order valence-corrected chi connectivity index (χ3v) is 4.97. The number of amides is 1. The van der Waals surface area contributed by atoms with Gasteiger partial charge in [0.15, 0.2) is 0 Å². The van der Waals surface area contributed by atoms with Gasteiger partial charge in [0.05, 0.1) is 17.3 Å². The van der Waals surface area contributed by atoms with Crippen LogP contribution in [0.4, 0.5) is 0 Å². The number of rotatable bonds is 2. The lowest BCUT2D eigenvalue weighted by Crippen LogP contribution is -2.24. The fourth-order valence-electron chi connectivity index (χ4n) is 3.17. The van der Waals surface area contributed by atoms with E-state index in [1.54, 1.807) is 12.1 Å². The van der Waals surface area contributed by atoms with Gasteiger partial charge in [-0.2, -0.15) is 5.10 Å². The Bertz CT molecular complexity index is 1090. The molecular weight excluding hydrogens is 396 g/mol. The van der Waals surface area contributed by atoms with Gasteiger partial charge in [0.25, 0.3) is 0 Å². The Morgan fingerprint density at radius 1 is 1.19 bits per heavy atom. The molecule has 130 valence electrons. The highest BCUT2D eigenvalue weighted by molar-refractivity contribution is 9.10. The van der Waals surface area contributed by atoms with Crippen molar-refractivity contribution in [1.82, 2.24) is 5.01 Å². The molecule has 1 unspecified atom stereocenters. The summed E-state index contributed by atoms with van der Waals surface area (Å²) in [6, 6.07) is 16.6. The molecule has 1 aliphatic heterocycles. The number of hydrogen-bond acceptors (Lipinski definition) is 4. The molecule has 5 nitrogen and oxygen atoms in total. The van der Waals surface area contributed by atoms with E-state index in [0.717, 1.165) is 15.4 Å². The van der Waals surface area contributed by atoms with Gasteiger partial charge >= 0.3 is 5.63 Å². The summed E-state index contributed by atoms with van der Waals surface area (Å²) < 4.78 is 6.37. The molecule has 3 aromatic rings. The van der Waals surface area contributed by atoms with Gasteiger partial charge in [-0.3, -0.25) is 4.79 Å². The van der Waals surface area contributed by atoms with E-state index in [0.29, 0.717) is 23.3 Å². The van der Waals surface area contributed by atoms with Crippen LogP contribution in [0, 0.1) is 0 Å². The summed E-state index contributed by atoms with van der Waals surface area (Å²) in [6.45, 7) is 1.47. The Hall–Kier alpha value is -2.73. The predicted molar refractivity (Wildman–Crippen MR) is 103 cm³/mol. The third-order valence-electron chi connectivity index (χ3n) is 4.44. The smallest absolute Gasteiger partial charge is 0.345 e. The minimum atomic E-state index is -0.442. The number of carbonyl (C=O) groups excluding carboxylic acids is 1. The molecule has 0 spiro atoms. The number of fused-ring (bicyclic) bond motifs is 1. The average Bonchev–Trinajstić information content (AvgIpc) is 3.07. The predicted octanol–water partition coefficient (Wildman–Crippen LogP) is 4.25. The van der Waals surface area contributed by atoms with Crippen LogP contribution in [0.15, 0.2) is 73.4 Å². The standard InChI is InChI=1S/C20H15BrN2O3/c1-12(24)23-18(13-6-8-15(21)9-7-13)11-17(22-23)16-10-14-4-2-3-5-19(14)26-20(16)25/h2-10,18H,11H2,1H3. The second-order valence-corrected chi connectivity index (χ2v) is 7.08. The molecule has 0 saturated heterocycles. The maximum absolute atomic E-state index is 12.4. The molecule has 0 aliphatic carbocycles. The molecule has 0 N–H and O–H groups in total. The molecule has 1 atom stereocenters. The van der Waals surface area contributed by atoms with Crippen LogP contribution in [0.1, 0.15) is 30.5 Å². The zero-order valence-corrected chi connectivity index (χ0v) is 15.6. The molecule has 6 heteroatoms. The SMILES string of the molecule is CC(=O)N1N=C(c2cc3ccccc3oc2=O)CC1c1ccc(Br)cc1. The lowest BCUT2D eigenvalue weighted by molar-refractivity contribution is -0.130. The van der Waals surface area contributed by atoms with Crippen LogP contribution < -0.4 is 5.63 Å². The number of nitrogens with zero attached hydrogens (tertiary/aromatic N) is 2. The molecule has 0 fully saturated rings. The topological polar surface area (TPSA) is 62.9 Å². The molecule has 2 heterocycles. The van der Waals surface area contributed by atoms with Gasteiger partial charge in [-0.1, -0.05) is 46.3 Å². The molecule has 1 amide bonds. The van der Waals surface area contributed by atoms with E-state index in [1.807, 2.05) is 42.5 Å². The Morgan fingerprint density at radius 2 is 1.92 bits per heavy atom. The third kappa shape index (κ3) is 2.97. The second-order valence-electron chi connectivity index (χ2n) is 6.17. The molecule has 2 aromatic carbocycles. The van der Waals surface area contributed by atoms with E-state index in [9.17, 15) is 9.59 Å². The lowest BCUT2D eigenvalue weighted by Gasteiger charge is -2.20. The van der Waals surface area contributed by atoms with Crippen molar-refractivity contribution in [3.63, 3.8) is 0 Å². The number of para-hydroxylation sites is 1. The van der Waals surface area contributed by atoms with Gasteiger partial charge in [0.1, 0.15) is 5.58 Å². The molecule has 26 heavy (non-hydrogen) atoms. The van der Waals surface area contributed by atoms with Crippen molar-refractivity contribution in [2.24, 2.45) is 5.10 Å². The van der Waals surface area contributed by atoms with E-state index in [2.05, 4.69) is 21.0 Å². The van der Waals surface area contributed by atoms with E-state index in [4.69, 9.17) is 4.42 Å². The number of carbonyl (C=O) groups is 1. The zero-order chi connectivity index (χ0) is 18.3. The van der Waals surface area contributed by atoms with Crippen molar-refractivity contribution in [2.75, 3.05) is 0 Å². The minimum absolute atomic E-state index is 0.168. The van der Waals surface area contributed by atoms with Gasteiger partial charge in [-0.15, -0.1) is 0 Å². The molecule has 1 aliphatic rings. The number of halogens is 1. The summed E-state index contributed by atoms with van der Waals surface area (Å²) in [6.07, 6.45) is 0.463. The maximum Gasteiger partial charge on any atom is 0.345 e. The highest BCUT2D eigenvalue weighted by atomic mass is 79.9. The Labute approximate surface area is 158 Å². The molecule has 0 bridgehead atoms. The lowest BCUT2D eigenvalue weighted by atomic mass is 9.99. The highest BCUT2D eigenvalue weighted by Crippen LogP contribution is 2.33. The highest BCUT2D eigenvalue weighted by Gasteiger charge is 2.32. The normalized spacial score (nSPS) is 16.8. The van der Waals surface area contributed by atoms with Gasteiger partial charge < -0.3 is 4.42 Å². The average molecular weight is 411 g/mol. The Morgan fingerprint density at radius 3 is 2.65 bits per heavy atom. The first-order valence-corrected chi connectivity index (χ1v) is 8.98. The number of benzene rings is 2. The van der Waals surface area contributed by atoms with Gasteiger partial charge in [-0.05, 0) is 29.8 Å². The van der Waals surface area contributed by atoms with E-state index >= 15 is 0 Å². The van der Waals surface area contributed by atoms with Gasteiger partial charge in [0, 0.05) is 23.2 Å². The van der Waals surface area contributed by atoms with Crippen molar-refractivity contribution in [1.29, 1.82) is 0 Å². The Balaban J connectivity index is 1.77. The van der Waals surface area contributed by atoms with Crippen LogP contribution in [-0.4, -0.2) is 16.6 Å². The van der Waals surface area contributed by atoms with Crippen LogP contribution in [-0.2, 0) is 4.79 Å². The van der Waals surface area contributed by atoms with Gasteiger partial charge in [-0.25, -0.2) is 9.80 Å². The van der Waals surface area contributed by atoms with Crippen molar-refractivity contribution in [3.8, 4) is 0 Å². The summed E-state index contributed by atoms with van der Waals surface area (Å²) in [4.78, 5) is 24.5. The monoisotopic (exact) mass is 410 g/mol. The fraction of sp³-hybridized carbons (Fsp3) is 0.150. The van der Waals surface area contributed by atoms with Crippen LogP contribution in [0.5, 0.6) is 0 Å². The van der Waals surface area contributed by atoms with Crippen LogP contribution in [0.2, 0.25) is 0 Å². The molecule has 1 aromatic heterocycles. The van der Waals surface area contributed by atoms with Crippen LogP contribution in [0.3, 0.4) is 0 Å².